The minimum Gasteiger partial charge on any atom is -0.317 e. The standard InChI is InChI=1S/C17H24N2S/c1-4-18-11-16(10-17-19-14(3)12-20-17)9-15-7-5-13(2)6-8-15/h5-8,12,16,18H,4,9-11H2,1-3H3. The molecule has 20 heavy (non-hydrogen) atoms. The van der Waals surface area contributed by atoms with Crippen molar-refractivity contribution in [1.29, 1.82) is 0 Å². The monoisotopic (exact) mass is 288 g/mol. The lowest BCUT2D eigenvalue weighted by molar-refractivity contribution is 0.477. The van der Waals surface area contributed by atoms with Gasteiger partial charge in [0, 0.05) is 17.5 Å². The van der Waals surface area contributed by atoms with Crippen LogP contribution < -0.4 is 5.32 Å². The number of nitrogens with one attached hydrogen (secondary N) is 1. The topological polar surface area (TPSA) is 24.9 Å². The molecule has 2 nitrogen and oxygen atoms in total. The normalized spacial score (nSPS) is 12.6. The van der Waals surface area contributed by atoms with Gasteiger partial charge in [-0.2, -0.15) is 0 Å². The van der Waals surface area contributed by atoms with E-state index in [0.717, 1.165) is 31.6 Å². The van der Waals surface area contributed by atoms with Crippen LogP contribution in [-0.2, 0) is 12.8 Å². The van der Waals surface area contributed by atoms with E-state index in [4.69, 9.17) is 0 Å². The number of aromatic nitrogens is 1. The summed E-state index contributed by atoms with van der Waals surface area (Å²) in [5.74, 6) is 0.614. The van der Waals surface area contributed by atoms with E-state index in [2.05, 4.69) is 60.7 Å². The van der Waals surface area contributed by atoms with Gasteiger partial charge in [0.05, 0.1) is 5.01 Å². The molecule has 0 radical (unpaired) electrons. The zero-order chi connectivity index (χ0) is 14.4. The van der Waals surface area contributed by atoms with E-state index in [-0.39, 0.29) is 0 Å². The maximum atomic E-state index is 4.61. The fourth-order valence-electron chi connectivity index (χ4n) is 2.37. The maximum absolute atomic E-state index is 4.61. The van der Waals surface area contributed by atoms with Gasteiger partial charge in [-0.1, -0.05) is 36.8 Å². The molecule has 2 aromatic rings. The van der Waals surface area contributed by atoms with Gasteiger partial charge in [0.1, 0.15) is 0 Å². The van der Waals surface area contributed by atoms with Crippen LogP contribution in [0.3, 0.4) is 0 Å². The second-order valence-electron chi connectivity index (χ2n) is 5.45. The van der Waals surface area contributed by atoms with Crippen LogP contribution in [0.15, 0.2) is 29.6 Å². The van der Waals surface area contributed by atoms with Crippen LogP contribution in [0.1, 0.15) is 28.8 Å². The van der Waals surface area contributed by atoms with Crippen molar-refractivity contribution in [1.82, 2.24) is 10.3 Å². The molecule has 0 aliphatic rings. The predicted molar refractivity (Wildman–Crippen MR) is 87.5 cm³/mol. The molecule has 1 aromatic carbocycles. The molecule has 2 rings (SSSR count). The van der Waals surface area contributed by atoms with E-state index in [1.807, 2.05) is 0 Å². The third-order valence-corrected chi connectivity index (χ3v) is 4.45. The predicted octanol–water partition coefficient (Wildman–Crippen LogP) is 3.77. The largest absolute Gasteiger partial charge is 0.317 e. The summed E-state index contributed by atoms with van der Waals surface area (Å²) in [4.78, 5) is 4.61. The molecule has 1 N–H and O–H groups in total. The Labute approximate surface area is 126 Å². The molecular weight excluding hydrogens is 264 g/mol. The first-order valence-electron chi connectivity index (χ1n) is 7.34. The third-order valence-electron chi connectivity index (χ3n) is 3.46. The molecule has 0 spiro atoms. The summed E-state index contributed by atoms with van der Waals surface area (Å²) in [6.45, 7) is 8.46. The minimum atomic E-state index is 0.614. The number of thiazole rings is 1. The number of hydrogen-bond acceptors (Lipinski definition) is 3. The Morgan fingerprint density at radius 1 is 1.15 bits per heavy atom. The van der Waals surface area contributed by atoms with Gasteiger partial charge in [-0.3, -0.25) is 0 Å². The first-order chi connectivity index (χ1) is 9.67. The number of hydrogen-bond donors (Lipinski definition) is 1. The quantitative estimate of drug-likeness (QED) is 0.839. The van der Waals surface area contributed by atoms with Gasteiger partial charge in [-0.05, 0) is 44.8 Å². The molecule has 108 valence electrons. The fraction of sp³-hybridized carbons (Fsp3) is 0.471. The summed E-state index contributed by atoms with van der Waals surface area (Å²) < 4.78 is 0. The summed E-state index contributed by atoms with van der Waals surface area (Å²) in [5.41, 5.74) is 3.89. The molecule has 0 aliphatic heterocycles. The summed E-state index contributed by atoms with van der Waals surface area (Å²) in [5, 5.41) is 6.89. The fourth-order valence-corrected chi connectivity index (χ4v) is 3.25. The van der Waals surface area contributed by atoms with Crippen LogP contribution in [-0.4, -0.2) is 18.1 Å². The Morgan fingerprint density at radius 2 is 1.90 bits per heavy atom. The summed E-state index contributed by atoms with van der Waals surface area (Å²) >= 11 is 1.79. The van der Waals surface area contributed by atoms with Crippen molar-refractivity contribution in [3.63, 3.8) is 0 Å². The highest BCUT2D eigenvalue weighted by Crippen LogP contribution is 2.18. The molecule has 1 atom stereocenters. The van der Waals surface area contributed by atoms with Crippen LogP contribution in [0.2, 0.25) is 0 Å². The number of aryl methyl sites for hydroxylation is 2. The number of benzene rings is 1. The SMILES string of the molecule is CCNCC(Cc1ccc(C)cc1)Cc1nc(C)cs1. The lowest BCUT2D eigenvalue weighted by Crippen LogP contribution is -2.25. The van der Waals surface area contributed by atoms with Crippen molar-refractivity contribution in [3.8, 4) is 0 Å². The Hall–Kier alpha value is -1.19. The molecule has 1 unspecified atom stereocenters. The smallest absolute Gasteiger partial charge is 0.0931 e. The molecule has 0 aliphatic carbocycles. The molecule has 0 bridgehead atoms. The van der Waals surface area contributed by atoms with Gasteiger partial charge in [0.15, 0.2) is 0 Å². The van der Waals surface area contributed by atoms with Gasteiger partial charge >= 0.3 is 0 Å². The summed E-state index contributed by atoms with van der Waals surface area (Å²) in [7, 11) is 0. The zero-order valence-corrected chi connectivity index (χ0v) is 13.5. The Morgan fingerprint density at radius 3 is 2.50 bits per heavy atom. The van der Waals surface area contributed by atoms with Gasteiger partial charge in [-0.25, -0.2) is 4.98 Å². The van der Waals surface area contributed by atoms with Gasteiger partial charge < -0.3 is 5.32 Å². The molecule has 3 heteroatoms. The summed E-state index contributed by atoms with van der Waals surface area (Å²) in [6, 6.07) is 8.91. The van der Waals surface area contributed by atoms with E-state index < -0.39 is 0 Å². The van der Waals surface area contributed by atoms with E-state index in [1.165, 1.54) is 16.1 Å². The Balaban J connectivity index is 2.00. The molecular formula is C17H24N2S. The first-order valence-corrected chi connectivity index (χ1v) is 8.22. The molecule has 0 fully saturated rings. The highest BCUT2D eigenvalue weighted by molar-refractivity contribution is 7.09. The van der Waals surface area contributed by atoms with E-state index in [0.29, 0.717) is 5.92 Å². The Kier molecular flexibility index (Phi) is 5.74. The second kappa shape index (κ2) is 7.55. The highest BCUT2D eigenvalue weighted by atomic mass is 32.1. The van der Waals surface area contributed by atoms with E-state index in [9.17, 15) is 0 Å². The van der Waals surface area contributed by atoms with Crippen LogP contribution in [0.25, 0.3) is 0 Å². The molecule has 0 amide bonds. The van der Waals surface area contributed by atoms with Crippen LogP contribution in [0, 0.1) is 19.8 Å². The van der Waals surface area contributed by atoms with Crippen molar-refractivity contribution >= 4 is 11.3 Å². The van der Waals surface area contributed by atoms with Crippen molar-refractivity contribution in [2.24, 2.45) is 5.92 Å². The number of nitrogens with zero attached hydrogens (tertiary/aromatic N) is 1. The molecule has 1 heterocycles. The highest BCUT2D eigenvalue weighted by Gasteiger charge is 2.12. The van der Waals surface area contributed by atoms with Crippen molar-refractivity contribution in [2.45, 2.75) is 33.6 Å². The van der Waals surface area contributed by atoms with Crippen LogP contribution in [0.4, 0.5) is 0 Å². The zero-order valence-electron chi connectivity index (χ0n) is 12.6. The lowest BCUT2D eigenvalue weighted by Gasteiger charge is -2.16. The third kappa shape index (κ3) is 4.73. The van der Waals surface area contributed by atoms with Crippen LogP contribution >= 0.6 is 11.3 Å². The van der Waals surface area contributed by atoms with Gasteiger partial charge in [0.25, 0.3) is 0 Å². The molecule has 0 saturated heterocycles. The Bertz CT molecular complexity index is 516. The summed E-state index contributed by atoms with van der Waals surface area (Å²) in [6.07, 6.45) is 2.19. The number of rotatable bonds is 7. The average Bonchev–Trinajstić information content (AvgIpc) is 2.84. The second-order valence-corrected chi connectivity index (χ2v) is 6.39. The van der Waals surface area contributed by atoms with E-state index >= 15 is 0 Å². The maximum Gasteiger partial charge on any atom is 0.0931 e. The van der Waals surface area contributed by atoms with Gasteiger partial charge in [0.2, 0.25) is 0 Å². The lowest BCUT2D eigenvalue weighted by atomic mass is 9.95. The van der Waals surface area contributed by atoms with Gasteiger partial charge in [-0.15, -0.1) is 11.3 Å². The van der Waals surface area contributed by atoms with Crippen molar-refractivity contribution in [2.75, 3.05) is 13.1 Å². The molecule has 0 saturated carbocycles. The first kappa shape index (κ1) is 15.2. The van der Waals surface area contributed by atoms with Crippen molar-refractivity contribution < 1.29 is 0 Å². The van der Waals surface area contributed by atoms with E-state index in [1.54, 1.807) is 11.3 Å². The van der Waals surface area contributed by atoms with Crippen molar-refractivity contribution in [3.05, 3.63) is 51.5 Å². The average molecular weight is 288 g/mol. The van der Waals surface area contributed by atoms with Crippen LogP contribution in [0.5, 0.6) is 0 Å². The molecule has 1 aromatic heterocycles. The minimum absolute atomic E-state index is 0.614.